The molecule has 0 unspecified atom stereocenters. The number of allylic oxidation sites excluding steroid dienone is 1. The number of benzene rings is 2. The van der Waals surface area contributed by atoms with Gasteiger partial charge in [-0.1, -0.05) is 18.2 Å². The molecule has 162 valence electrons. The molecule has 1 heterocycles. The quantitative estimate of drug-likeness (QED) is 0.682. The van der Waals surface area contributed by atoms with Gasteiger partial charge >= 0.3 is 0 Å². The lowest BCUT2D eigenvalue weighted by Gasteiger charge is -2.36. The second-order valence-electron chi connectivity index (χ2n) is 7.36. The van der Waals surface area contributed by atoms with Crippen molar-refractivity contribution in [2.24, 2.45) is 0 Å². The summed E-state index contributed by atoms with van der Waals surface area (Å²) in [4.78, 5) is 4.64. The van der Waals surface area contributed by atoms with Crippen LogP contribution in [0, 0.1) is 0 Å². The molecule has 0 aromatic heterocycles. The van der Waals surface area contributed by atoms with Crippen LogP contribution in [0.5, 0.6) is 17.2 Å². The molecule has 1 saturated heterocycles. The van der Waals surface area contributed by atoms with Crippen LogP contribution in [0.15, 0.2) is 48.5 Å². The van der Waals surface area contributed by atoms with E-state index in [1.165, 1.54) is 5.69 Å². The highest BCUT2D eigenvalue weighted by Crippen LogP contribution is 2.28. The Morgan fingerprint density at radius 1 is 0.967 bits per heavy atom. The van der Waals surface area contributed by atoms with E-state index in [2.05, 4.69) is 21.9 Å². The fourth-order valence-electron chi connectivity index (χ4n) is 3.62. The molecule has 0 spiro atoms. The lowest BCUT2D eigenvalue weighted by Crippen LogP contribution is -2.49. The number of aliphatic hydroxyl groups is 1. The fraction of sp³-hybridized carbons (Fsp3) is 0.417. The van der Waals surface area contributed by atoms with E-state index in [-0.39, 0.29) is 6.61 Å². The summed E-state index contributed by atoms with van der Waals surface area (Å²) in [6.45, 7) is 6.48. The molecule has 30 heavy (non-hydrogen) atoms. The molecule has 1 fully saturated rings. The van der Waals surface area contributed by atoms with E-state index in [4.69, 9.17) is 14.2 Å². The van der Waals surface area contributed by atoms with Crippen LogP contribution >= 0.6 is 0 Å². The van der Waals surface area contributed by atoms with Crippen molar-refractivity contribution in [3.63, 3.8) is 0 Å². The van der Waals surface area contributed by atoms with Gasteiger partial charge in [0.2, 0.25) is 0 Å². The molecule has 1 N–H and O–H groups in total. The van der Waals surface area contributed by atoms with Gasteiger partial charge in [0.1, 0.15) is 18.5 Å². The van der Waals surface area contributed by atoms with Gasteiger partial charge in [-0.2, -0.15) is 0 Å². The lowest BCUT2D eigenvalue weighted by atomic mass is 10.2. The molecule has 0 radical (unpaired) electrons. The Morgan fingerprint density at radius 3 is 2.33 bits per heavy atom. The van der Waals surface area contributed by atoms with Gasteiger partial charge in [0.15, 0.2) is 11.5 Å². The predicted molar refractivity (Wildman–Crippen MR) is 121 cm³/mol. The molecule has 2 aromatic rings. The molecule has 1 aliphatic heterocycles. The van der Waals surface area contributed by atoms with Crippen LogP contribution in [0.3, 0.4) is 0 Å². The number of rotatable bonds is 9. The van der Waals surface area contributed by atoms with Crippen molar-refractivity contribution in [1.82, 2.24) is 4.90 Å². The molecule has 6 nitrogen and oxygen atoms in total. The number of β-amino-alcohol motifs (C(OH)–C–C–N with tert-alkyl or cyclic N) is 1. The maximum Gasteiger partial charge on any atom is 0.161 e. The van der Waals surface area contributed by atoms with Gasteiger partial charge in [0, 0.05) is 38.4 Å². The Balaban J connectivity index is 1.45. The summed E-state index contributed by atoms with van der Waals surface area (Å²) in [6.07, 6.45) is 3.43. The second-order valence-corrected chi connectivity index (χ2v) is 7.36. The smallest absolute Gasteiger partial charge is 0.161 e. The third-order valence-corrected chi connectivity index (χ3v) is 5.26. The molecule has 3 rings (SSSR count). The van der Waals surface area contributed by atoms with Gasteiger partial charge in [-0.25, -0.2) is 0 Å². The zero-order valence-corrected chi connectivity index (χ0v) is 18.1. The number of ether oxygens (including phenoxy) is 3. The highest BCUT2D eigenvalue weighted by Gasteiger charge is 2.20. The summed E-state index contributed by atoms with van der Waals surface area (Å²) in [7, 11) is 3.30. The first-order valence-corrected chi connectivity index (χ1v) is 10.4. The second kappa shape index (κ2) is 10.9. The minimum atomic E-state index is -0.558. The van der Waals surface area contributed by atoms with Crippen LogP contribution in [-0.4, -0.2) is 69.7 Å². The first-order valence-electron chi connectivity index (χ1n) is 10.4. The van der Waals surface area contributed by atoms with Crippen LogP contribution in [0.1, 0.15) is 12.5 Å². The zero-order valence-electron chi connectivity index (χ0n) is 18.1. The number of aliphatic hydroxyl groups excluding tert-OH is 1. The molecule has 1 aliphatic rings. The average Bonchev–Trinajstić information content (AvgIpc) is 2.79. The van der Waals surface area contributed by atoms with Gasteiger partial charge in [0.25, 0.3) is 0 Å². The van der Waals surface area contributed by atoms with Crippen molar-refractivity contribution in [3.05, 3.63) is 54.1 Å². The van der Waals surface area contributed by atoms with Crippen molar-refractivity contribution in [3.8, 4) is 17.2 Å². The largest absolute Gasteiger partial charge is 0.497 e. The molecule has 0 amide bonds. The highest BCUT2D eigenvalue weighted by atomic mass is 16.5. The lowest BCUT2D eigenvalue weighted by molar-refractivity contribution is 0.0653. The van der Waals surface area contributed by atoms with Crippen LogP contribution in [0.2, 0.25) is 0 Å². The molecule has 2 aromatic carbocycles. The average molecular weight is 413 g/mol. The summed E-state index contributed by atoms with van der Waals surface area (Å²) in [5.74, 6) is 2.19. The minimum Gasteiger partial charge on any atom is -0.497 e. The fourth-order valence-corrected chi connectivity index (χ4v) is 3.62. The van der Waals surface area contributed by atoms with E-state index < -0.39 is 6.10 Å². The number of piperazine rings is 1. The summed E-state index contributed by atoms with van der Waals surface area (Å²) in [5.41, 5.74) is 2.25. The minimum absolute atomic E-state index is 0.234. The molecule has 0 saturated carbocycles. The van der Waals surface area contributed by atoms with Crippen molar-refractivity contribution >= 4 is 11.8 Å². The third kappa shape index (κ3) is 5.90. The van der Waals surface area contributed by atoms with Crippen molar-refractivity contribution in [2.75, 3.05) is 58.5 Å². The monoisotopic (exact) mass is 412 g/mol. The Hall–Kier alpha value is -2.70. The van der Waals surface area contributed by atoms with Crippen LogP contribution in [0.4, 0.5) is 5.69 Å². The maximum atomic E-state index is 10.5. The van der Waals surface area contributed by atoms with Crippen molar-refractivity contribution in [1.29, 1.82) is 0 Å². The molecule has 6 heteroatoms. The van der Waals surface area contributed by atoms with E-state index in [0.717, 1.165) is 37.5 Å². The van der Waals surface area contributed by atoms with E-state index in [1.807, 2.05) is 49.4 Å². The van der Waals surface area contributed by atoms with Crippen molar-refractivity contribution in [2.45, 2.75) is 13.0 Å². The highest BCUT2D eigenvalue weighted by molar-refractivity contribution is 5.55. The standard InChI is InChI=1S/C24H32N2O4/c1-4-5-19-6-11-23(24(16-19)29-3)30-18-21(27)17-25-12-14-26(15-13-25)20-7-9-22(28-2)10-8-20/h4-11,16,21,27H,12-15,17-18H2,1-3H3/b5-4+/t21-/m1/s1. The molecule has 0 aliphatic carbocycles. The van der Waals surface area contributed by atoms with Crippen LogP contribution in [-0.2, 0) is 0 Å². The number of hydrogen-bond acceptors (Lipinski definition) is 6. The first-order chi connectivity index (χ1) is 14.6. The Labute approximate surface area is 179 Å². The molecular formula is C24H32N2O4. The Kier molecular flexibility index (Phi) is 7.99. The van der Waals surface area contributed by atoms with Crippen molar-refractivity contribution < 1.29 is 19.3 Å². The maximum absolute atomic E-state index is 10.5. The van der Waals surface area contributed by atoms with E-state index >= 15 is 0 Å². The topological polar surface area (TPSA) is 54.4 Å². The number of nitrogens with zero attached hydrogens (tertiary/aromatic N) is 2. The molecule has 1 atom stereocenters. The molecule has 0 bridgehead atoms. The first kappa shape index (κ1) is 22.0. The SMILES string of the molecule is C/C=C/c1ccc(OC[C@H](O)CN2CCN(c3ccc(OC)cc3)CC2)c(OC)c1. The normalized spacial score (nSPS) is 15.9. The summed E-state index contributed by atoms with van der Waals surface area (Å²) < 4.78 is 16.5. The molecular weight excluding hydrogens is 380 g/mol. The van der Waals surface area contributed by atoms with E-state index in [0.29, 0.717) is 18.0 Å². The summed E-state index contributed by atoms with van der Waals surface area (Å²) in [6, 6.07) is 13.9. The third-order valence-electron chi connectivity index (χ3n) is 5.26. The van der Waals surface area contributed by atoms with Gasteiger partial charge < -0.3 is 24.2 Å². The van der Waals surface area contributed by atoms with E-state index in [1.54, 1.807) is 14.2 Å². The Morgan fingerprint density at radius 2 is 1.70 bits per heavy atom. The van der Waals surface area contributed by atoms with Gasteiger partial charge in [-0.3, -0.25) is 4.90 Å². The Bertz CT molecular complexity index is 814. The summed E-state index contributed by atoms with van der Waals surface area (Å²) >= 11 is 0. The number of methoxy groups -OCH3 is 2. The summed E-state index contributed by atoms with van der Waals surface area (Å²) in [5, 5.41) is 10.5. The van der Waals surface area contributed by atoms with Crippen LogP contribution < -0.4 is 19.1 Å². The predicted octanol–water partition coefficient (Wildman–Crippen LogP) is 3.30. The van der Waals surface area contributed by atoms with Gasteiger partial charge in [-0.05, 0) is 48.9 Å². The van der Waals surface area contributed by atoms with Crippen LogP contribution in [0.25, 0.3) is 6.08 Å². The zero-order chi connectivity index (χ0) is 21.3. The number of hydrogen-bond donors (Lipinski definition) is 1. The van der Waals surface area contributed by atoms with Gasteiger partial charge in [0.05, 0.1) is 14.2 Å². The van der Waals surface area contributed by atoms with E-state index in [9.17, 15) is 5.11 Å². The number of anilines is 1. The van der Waals surface area contributed by atoms with Gasteiger partial charge in [-0.15, -0.1) is 0 Å².